The average molecular weight is 310 g/mol. The van der Waals surface area contributed by atoms with Crippen LogP contribution in [-0.4, -0.2) is 73.6 Å². The van der Waals surface area contributed by atoms with Crippen LogP contribution in [0.1, 0.15) is 5.56 Å². The molecule has 0 aliphatic carbocycles. The van der Waals surface area contributed by atoms with E-state index in [9.17, 15) is 9.50 Å². The largest absolute Gasteiger partial charge is 0.497 e. The number of β-amino-alcohol motifs (C(OH)–C–C–N with tert-alkyl or cyclic N) is 1. The molecule has 1 N–H and O–H groups in total. The number of hydrogen-bond donors (Lipinski definition) is 1. The van der Waals surface area contributed by atoms with Gasteiger partial charge < -0.3 is 14.6 Å². The molecule has 2 aliphatic rings. The number of benzene rings is 1. The molecule has 6 heteroatoms. The quantitative estimate of drug-likeness (QED) is 0.887. The van der Waals surface area contributed by atoms with Crippen LogP contribution in [0.2, 0.25) is 0 Å². The van der Waals surface area contributed by atoms with Crippen molar-refractivity contribution < 1.29 is 19.0 Å². The summed E-state index contributed by atoms with van der Waals surface area (Å²) in [6, 6.07) is 5.04. The lowest BCUT2D eigenvalue weighted by atomic mass is 10.1. The zero-order valence-electron chi connectivity index (χ0n) is 12.9. The van der Waals surface area contributed by atoms with Crippen LogP contribution < -0.4 is 4.74 Å². The maximum absolute atomic E-state index is 14.0. The van der Waals surface area contributed by atoms with Gasteiger partial charge in [-0.05, 0) is 6.07 Å². The van der Waals surface area contributed by atoms with Crippen molar-refractivity contribution >= 4 is 0 Å². The molecule has 122 valence electrons. The summed E-state index contributed by atoms with van der Waals surface area (Å²) in [5.41, 5.74) is 0.635. The van der Waals surface area contributed by atoms with Gasteiger partial charge in [-0.15, -0.1) is 0 Å². The van der Waals surface area contributed by atoms with Crippen molar-refractivity contribution in [3.05, 3.63) is 29.6 Å². The van der Waals surface area contributed by atoms with Crippen LogP contribution >= 0.6 is 0 Å². The lowest BCUT2D eigenvalue weighted by Crippen LogP contribution is -2.48. The predicted molar refractivity (Wildman–Crippen MR) is 80.4 cm³/mol. The highest BCUT2D eigenvalue weighted by atomic mass is 19.1. The second-order valence-corrected chi connectivity index (χ2v) is 5.93. The molecule has 0 saturated carbocycles. The number of aliphatic hydroxyl groups is 1. The molecule has 2 fully saturated rings. The van der Waals surface area contributed by atoms with Crippen LogP contribution in [0.3, 0.4) is 0 Å². The van der Waals surface area contributed by atoms with E-state index >= 15 is 0 Å². The Morgan fingerprint density at radius 2 is 2.09 bits per heavy atom. The fraction of sp³-hybridized carbons (Fsp3) is 0.625. The average Bonchev–Trinajstić information content (AvgIpc) is 2.91. The number of ether oxygens (including phenoxy) is 2. The summed E-state index contributed by atoms with van der Waals surface area (Å²) in [6.45, 7) is 4.99. The van der Waals surface area contributed by atoms with Crippen LogP contribution in [0.4, 0.5) is 4.39 Å². The van der Waals surface area contributed by atoms with E-state index in [1.807, 2.05) is 0 Å². The third-order valence-electron chi connectivity index (χ3n) is 4.50. The SMILES string of the molecule is COc1ccc(CN2C[C@@H](O)[C@H](N3CCOCC3)C2)c(F)c1. The van der Waals surface area contributed by atoms with Crippen molar-refractivity contribution in [1.82, 2.24) is 9.80 Å². The van der Waals surface area contributed by atoms with Crippen LogP contribution in [0.25, 0.3) is 0 Å². The number of hydrogen-bond acceptors (Lipinski definition) is 5. The number of halogens is 1. The van der Waals surface area contributed by atoms with Crippen molar-refractivity contribution in [3.63, 3.8) is 0 Å². The molecule has 0 bridgehead atoms. The Balaban J connectivity index is 1.62. The summed E-state index contributed by atoms with van der Waals surface area (Å²) in [7, 11) is 1.53. The minimum atomic E-state index is -0.389. The Kier molecular flexibility index (Phi) is 4.93. The van der Waals surface area contributed by atoms with E-state index in [1.54, 1.807) is 12.1 Å². The molecule has 2 atom stereocenters. The molecule has 0 aromatic heterocycles. The van der Waals surface area contributed by atoms with Gasteiger partial charge >= 0.3 is 0 Å². The second kappa shape index (κ2) is 6.91. The summed E-state index contributed by atoms with van der Waals surface area (Å²) < 4.78 is 24.4. The van der Waals surface area contributed by atoms with Gasteiger partial charge in [-0.2, -0.15) is 0 Å². The van der Waals surface area contributed by atoms with E-state index in [1.165, 1.54) is 13.2 Å². The first-order valence-corrected chi connectivity index (χ1v) is 7.72. The molecule has 2 heterocycles. The monoisotopic (exact) mass is 310 g/mol. The maximum Gasteiger partial charge on any atom is 0.131 e. The van der Waals surface area contributed by atoms with E-state index in [4.69, 9.17) is 9.47 Å². The van der Waals surface area contributed by atoms with Crippen molar-refractivity contribution in [2.24, 2.45) is 0 Å². The Bertz CT molecular complexity index is 508. The minimum absolute atomic E-state index is 0.116. The summed E-state index contributed by atoms with van der Waals surface area (Å²) in [5, 5.41) is 10.3. The van der Waals surface area contributed by atoms with Crippen LogP contribution in [-0.2, 0) is 11.3 Å². The predicted octanol–water partition coefficient (Wildman–Crippen LogP) is 0.712. The Morgan fingerprint density at radius 1 is 1.32 bits per heavy atom. The molecule has 22 heavy (non-hydrogen) atoms. The third kappa shape index (κ3) is 3.41. The summed E-state index contributed by atoms with van der Waals surface area (Å²) >= 11 is 0. The Hall–Kier alpha value is -1.21. The maximum atomic E-state index is 14.0. The van der Waals surface area contributed by atoms with Gasteiger partial charge in [0.25, 0.3) is 0 Å². The number of rotatable bonds is 4. The number of nitrogens with zero attached hydrogens (tertiary/aromatic N) is 2. The molecular formula is C16H23FN2O3. The van der Waals surface area contributed by atoms with Gasteiger partial charge in [0, 0.05) is 50.4 Å². The third-order valence-corrected chi connectivity index (χ3v) is 4.50. The Morgan fingerprint density at radius 3 is 2.77 bits per heavy atom. The minimum Gasteiger partial charge on any atom is -0.497 e. The molecule has 1 aromatic rings. The highest BCUT2D eigenvalue weighted by Gasteiger charge is 2.36. The van der Waals surface area contributed by atoms with Crippen LogP contribution in [0.15, 0.2) is 18.2 Å². The van der Waals surface area contributed by atoms with Gasteiger partial charge in [-0.1, -0.05) is 6.07 Å². The molecule has 5 nitrogen and oxygen atoms in total. The van der Waals surface area contributed by atoms with E-state index in [-0.39, 0.29) is 18.0 Å². The smallest absolute Gasteiger partial charge is 0.131 e. The van der Waals surface area contributed by atoms with Gasteiger partial charge in [0.1, 0.15) is 11.6 Å². The number of likely N-dealkylation sites (tertiary alicyclic amines) is 1. The topological polar surface area (TPSA) is 45.2 Å². The van der Waals surface area contributed by atoms with Crippen LogP contribution in [0, 0.1) is 5.82 Å². The van der Waals surface area contributed by atoms with Crippen molar-refractivity contribution in [2.75, 3.05) is 46.5 Å². The fourth-order valence-electron chi connectivity index (χ4n) is 3.27. The number of methoxy groups -OCH3 is 1. The highest BCUT2D eigenvalue weighted by molar-refractivity contribution is 5.29. The summed E-state index contributed by atoms with van der Waals surface area (Å²) in [6.07, 6.45) is -0.389. The first-order chi connectivity index (χ1) is 10.7. The lowest BCUT2D eigenvalue weighted by Gasteiger charge is -2.33. The molecule has 0 amide bonds. The standard InChI is InChI=1S/C16H23FN2O3/c1-21-13-3-2-12(14(17)8-13)9-18-10-15(16(20)11-18)19-4-6-22-7-5-19/h2-3,8,15-16,20H,4-7,9-11H2,1H3/t15-,16-/m1/s1. The van der Waals surface area contributed by atoms with Gasteiger partial charge in [0.15, 0.2) is 0 Å². The van der Waals surface area contributed by atoms with Gasteiger partial charge in [0.05, 0.1) is 26.4 Å². The molecule has 0 radical (unpaired) electrons. The zero-order chi connectivity index (χ0) is 15.5. The van der Waals surface area contributed by atoms with E-state index < -0.39 is 0 Å². The Labute approximate surface area is 130 Å². The second-order valence-electron chi connectivity index (χ2n) is 5.93. The first kappa shape index (κ1) is 15.7. The summed E-state index contributed by atoms with van der Waals surface area (Å²) in [5.74, 6) is 0.262. The molecule has 1 aromatic carbocycles. The van der Waals surface area contributed by atoms with Crippen molar-refractivity contribution in [2.45, 2.75) is 18.7 Å². The van der Waals surface area contributed by atoms with Gasteiger partial charge in [-0.3, -0.25) is 9.80 Å². The van der Waals surface area contributed by atoms with Gasteiger partial charge in [-0.25, -0.2) is 4.39 Å². The van der Waals surface area contributed by atoms with E-state index in [0.717, 1.165) is 32.8 Å². The van der Waals surface area contributed by atoms with Crippen molar-refractivity contribution in [1.29, 1.82) is 0 Å². The van der Waals surface area contributed by atoms with E-state index in [2.05, 4.69) is 9.80 Å². The zero-order valence-corrected chi connectivity index (χ0v) is 12.9. The lowest BCUT2D eigenvalue weighted by molar-refractivity contribution is -0.00618. The fourth-order valence-corrected chi connectivity index (χ4v) is 3.27. The molecule has 2 aliphatic heterocycles. The van der Waals surface area contributed by atoms with E-state index in [0.29, 0.717) is 24.4 Å². The highest BCUT2D eigenvalue weighted by Crippen LogP contribution is 2.22. The normalized spacial score (nSPS) is 27.2. The number of aliphatic hydroxyl groups excluding tert-OH is 1. The van der Waals surface area contributed by atoms with Crippen LogP contribution in [0.5, 0.6) is 5.75 Å². The molecule has 0 spiro atoms. The summed E-state index contributed by atoms with van der Waals surface area (Å²) in [4.78, 5) is 4.38. The van der Waals surface area contributed by atoms with Crippen molar-refractivity contribution in [3.8, 4) is 5.75 Å². The molecule has 0 unspecified atom stereocenters. The molecule has 2 saturated heterocycles. The number of morpholine rings is 1. The molecule has 3 rings (SSSR count). The molecular weight excluding hydrogens is 287 g/mol. The first-order valence-electron chi connectivity index (χ1n) is 7.72. The van der Waals surface area contributed by atoms with Gasteiger partial charge in [0.2, 0.25) is 0 Å².